The van der Waals surface area contributed by atoms with E-state index in [-0.39, 0.29) is 0 Å². The molecular weight excluding hydrogens is 305 g/mol. The van der Waals surface area contributed by atoms with Gasteiger partial charge in [-0.15, -0.1) is 11.8 Å². The highest BCUT2D eigenvalue weighted by Gasteiger charge is 2.09. The molecule has 6 heteroatoms. The topological polar surface area (TPSA) is 69.6 Å². The number of thioether (sulfide) groups is 1. The molecule has 0 saturated carbocycles. The van der Waals surface area contributed by atoms with E-state index in [4.69, 9.17) is 9.79 Å². The Kier molecular flexibility index (Phi) is 8.30. The molecule has 0 amide bonds. The number of hydrogen-bond acceptors (Lipinski definition) is 2. The molecule has 0 atom stereocenters. The van der Waals surface area contributed by atoms with Crippen molar-refractivity contribution < 1.29 is 14.4 Å². The molecule has 0 bridgehead atoms. The smallest absolute Gasteiger partial charge is 0.313 e. The van der Waals surface area contributed by atoms with E-state index in [1.54, 1.807) is 0 Å². The Labute approximate surface area is 131 Å². The van der Waals surface area contributed by atoms with E-state index in [0.717, 1.165) is 18.6 Å². The number of aryl methyl sites for hydroxylation is 1. The van der Waals surface area contributed by atoms with Crippen LogP contribution in [0.5, 0.6) is 0 Å². The molecule has 0 unspecified atom stereocenters. The zero-order valence-electron chi connectivity index (χ0n) is 12.6. The van der Waals surface area contributed by atoms with Gasteiger partial charge in [-0.05, 0) is 42.2 Å². The van der Waals surface area contributed by atoms with Crippen LogP contribution < -0.4 is 5.09 Å². The Morgan fingerprint density at radius 2 is 2.00 bits per heavy atom. The number of rotatable bonds is 9. The first kappa shape index (κ1) is 18.5. The van der Waals surface area contributed by atoms with Crippen molar-refractivity contribution in [3.63, 3.8) is 0 Å². The fourth-order valence-electron chi connectivity index (χ4n) is 1.93. The average molecular weight is 329 g/mol. The zero-order valence-corrected chi connectivity index (χ0v) is 14.3. The molecule has 0 aliphatic heterocycles. The Morgan fingerprint density at radius 1 is 1.33 bits per heavy atom. The van der Waals surface area contributed by atoms with E-state index in [9.17, 15) is 4.57 Å². The normalized spacial score (nSPS) is 12.7. The number of nitrogens with one attached hydrogen (secondary N) is 1. The van der Waals surface area contributed by atoms with Crippen molar-refractivity contribution in [3.8, 4) is 0 Å². The third-order valence-corrected chi connectivity index (χ3v) is 4.80. The van der Waals surface area contributed by atoms with Gasteiger partial charge in [0.15, 0.2) is 0 Å². The average Bonchev–Trinajstić information content (AvgIpc) is 2.43. The van der Waals surface area contributed by atoms with E-state index in [2.05, 4.69) is 49.3 Å². The van der Waals surface area contributed by atoms with Crippen molar-refractivity contribution >= 4 is 19.5 Å². The van der Waals surface area contributed by atoms with Gasteiger partial charge in [0, 0.05) is 12.3 Å². The molecule has 0 heterocycles. The third-order valence-electron chi connectivity index (χ3n) is 3.09. The van der Waals surface area contributed by atoms with Gasteiger partial charge in [0.1, 0.15) is 0 Å². The lowest BCUT2D eigenvalue weighted by Crippen LogP contribution is -2.10. The predicted molar refractivity (Wildman–Crippen MR) is 90.2 cm³/mol. The number of unbranched alkanes of at least 4 members (excludes halogenated alkanes) is 1. The molecule has 118 valence electrons. The summed E-state index contributed by atoms with van der Waals surface area (Å²) in [5.41, 5.74) is 2.77. The lowest BCUT2D eigenvalue weighted by atomic mass is 10.1. The van der Waals surface area contributed by atoms with E-state index in [1.165, 1.54) is 16.0 Å². The van der Waals surface area contributed by atoms with Gasteiger partial charge in [-0.3, -0.25) is 0 Å². The summed E-state index contributed by atoms with van der Waals surface area (Å²) in [4.78, 5) is 18.6. The Bertz CT molecular complexity index is 513. The van der Waals surface area contributed by atoms with Crippen LogP contribution in [0.1, 0.15) is 37.8 Å². The summed E-state index contributed by atoms with van der Waals surface area (Å²) in [5, 5.41) is 2.20. The molecule has 0 aromatic heterocycles. The van der Waals surface area contributed by atoms with Crippen molar-refractivity contribution in [1.29, 1.82) is 0 Å². The van der Waals surface area contributed by atoms with E-state index < -0.39 is 7.75 Å². The standard InChI is InChI=1S/C15H24NO3PS/c1-3-14-9-4-5-10-15(14)12-21-13(2)8-6-7-11-16-20(17,18)19/h4-5,8-10H,3,6-7,11-12H2,1-2H3,(H3,16,17,18,19). The van der Waals surface area contributed by atoms with Gasteiger partial charge in [-0.25, -0.2) is 9.65 Å². The highest BCUT2D eigenvalue weighted by Crippen LogP contribution is 2.28. The largest absolute Gasteiger partial charge is 0.400 e. The molecule has 0 aliphatic rings. The molecule has 1 aromatic carbocycles. The van der Waals surface area contributed by atoms with E-state index in [1.807, 2.05) is 11.8 Å². The maximum Gasteiger partial charge on any atom is 0.400 e. The summed E-state index contributed by atoms with van der Waals surface area (Å²) in [6, 6.07) is 8.48. The van der Waals surface area contributed by atoms with Crippen molar-refractivity contribution in [3.05, 3.63) is 46.4 Å². The number of allylic oxidation sites excluding steroid dienone is 2. The highest BCUT2D eigenvalue weighted by atomic mass is 32.2. The molecule has 1 rings (SSSR count). The zero-order chi connectivity index (χ0) is 15.7. The van der Waals surface area contributed by atoms with Gasteiger partial charge in [0.05, 0.1) is 0 Å². The molecular formula is C15H24NO3PS. The SMILES string of the molecule is CCc1ccccc1CSC(C)=CCCCNP(=O)(O)O. The Hall–Kier alpha value is -0.580. The number of hydrogen-bond donors (Lipinski definition) is 3. The monoisotopic (exact) mass is 329 g/mol. The van der Waals surface area contributed by atoms with Crippen molar-refractivity contribution in [2.75, 3.05) is 6.54 Å². The predicted octanol–water partition coefficient (Wildman–Crippen LogP) is 3.85. The van der Waals surface area contributed by atoms with E-state index in [0.29, 0.717) is 13.0 Å². The molecule has 0 saturated heterocycles. The maximum absolute atomic E-state index is 10.6. The second kappa shape index (κ2) is 9.44. The Balaban J connectivity index is 2.31. The summed E-state index contributed by atoms with van der Waals surface area (Å²) in [6.45, 7) is 4.58. The van der Waals surface area contributed by atoms with Crippen molar-refractivity contribution in [2.45, 2.75) is 38.9 Å². The third kappa shape index (κ3) is 8.44. The first-order valence-electron chi connectivity index (χ1n) is 7.09. The lowest BCUT2D eigenvalue weighted by molar-refractivity contribution is 0.357. The van der Waals surface area contributed by atoms with Gasteiger partial charge < -0.3 is 9.79 Å². The first-order valence-corrected chi connectivity index (χ1v) is 9.69. The minimum Gasteiger partial charge on any atom is -0.313 e. The van der Waals surface area contributed by atoms with Crippen LogP contribution in [0.25, 0.3) is 0 Å². The summed E-state index contributed by atoms with van der Waals surface area (Å²) >= 11 is 1.81. The molecule has 4 nitrogen and oxygen atoms in total. The van der Waals surface area contributed by atoms with Crippen molar-refractivity contribution in [2.24, 2.45) is 0 Å². The fraction of sp³-hybridized carbons (Fsp3) is 0.467. The second-order valence-corrected chi connectivity index (χ2v) is 7.45. The van der Waals surface area contributed by atoms with Crippen LogP contribution in [0.2, 0.25) is 0 Å². The summed E-state index contributed by atoms with van der Waals surface area (Å²) < 4.78 is 10.6. The fourth-order valence-corrected chi connectivity index (χ4v) is 3.28. The molecule has 0 fully saturated rings. The minimum atomic E-state index is -4.07. The summed E-state index contributed by atoms with van der Waals surface area (Å²) in [5.74, 6) is 0.965. The molecule has 0 aliphatic carbocycles. The molecule has 1 aromatic rings. The molecule has 0 radical (unpaired) electrons. The highest BCUT2D eigenvalue weighted by molar-refractivity contribution is 8.02. The van der Waals surface area contributed by atoms with Gasteiger partial charge in [0.2, 0.25) is 0 Å². The van der Waals surface area contributed by atoms with Gasteiger partial charge >= 0.3 is 7.75 Å². The van der Waals surface area contributed by atoms with Crippen LogP contribution in [0, 0.1) is 0 Å². The summed E-state index contributed by atoms with van der Waals surface area (Å²) in [7, 11) is -4.07. The first-order chi connectivity index (χ1) is 9.92. The maximum atomic E-state index is 10.6. The van der Waals surface area contributed by atoms with Crippen LogP contribution in [-0.2, 0) is 16.7 Å². The molecule has 0 spiro atoms. The molecule has 3 N–H and O–H groups in total. The van der Waals surface area contributed by atoms with Crippen LogP contribution in [0.3, 0.4) is 0 Å². The lowest BCUT2D eigenvalue weighted by Gasteiger charge is -2.08. The number of benzene rings is 1. The summed E-state index contributed by atoms with van der Waals surface area (Å²) in [6.07, 6.45) is 4.71. The Morgan fingerprint density at radius 3 is 2.62 bits per heavy atom. The van der Waals surface area contributed by atoms with Crippen LogP contribution >= 0.6 is 19.5 Å². The molecule has 21 heavy (non-hydrogen) atoms. The van der Waals surface area contributed by atoms with Gasteiger partial charge in [-0.2, -0.15) is 0 Å². The van der Waals surface area contributed by atoms with E-state index >= 15 is 0 Å². The quantitative estimate of drug-likeness (QED) is 0.474. The minimum absolute atomic E-state index is 0.331. The second-order valence-electron chi connectivity index (χ2n) is 4.82. The van der Waals surface area contributed by atoms with Crippen LogP contribution in [-0.4, -0.2) is 16.3 Å². The van der Waals surface area contributed by atoms with Crippen molar-refractivity contribution in [1.82, 2.24) is 5.09 Å². The van der Waals surface area contributed by atoms with Crippen LogP contribution in [0.4, 0.5) is 0 Å². The van der Waals surface area contributed by atoms with Crippen LogP contribution in [0.15, 0.2) is 35.2 Å². The van der Waals surface area contributed by atoms with Gasteiger partial charge in [0.25, 0.3) is 0 Å². The van der Waals surface area contributed by atoms with Gasteiger partial charge in [-0.1, -0.05) is 37.3 Å².